The molecule has 0 aromatic heterocycles. The van der Waals surface area contributed by atoms with Crippen LogP contribution in [0.1, 0.15) is 22.3 Å². The van der Waals surface area contributed by atoms with Gasteiger partial charge in [-0.1, -0.05) is 30.3 Å². The van der Waals surface area contributed by atoms with Crippen molar-refractivity contribution in [1.29, 1.82) is 0 Å². The van der Waals surface area contributed by atoms with Crippen LogP contribution in [0.25, 0.3) is 0 Å². The van der Waals surface area contributed by atoms with Crippen molar-refractivity contribution in [3.8, 4) is 5.75 Å². The number of aliphatic hydroxyl groups excluding tert-OH is 2. The number of carbonyl (C=O) groups is 2. The van der Waals surface area contributed by atoms with E-state index >= 15 is 0 Å². The van der Waals surface area contributed by atoms with Crippen LogP contribution >= 0.6 is 0 Å². The summed E-state index contributed by atoms with van der Waals surface area (Å²) in [7, 11) is 3.22. The topological polar surface area (TPSA) is 108 Å². The second-order valence-electron chi connectivity index (χ2n) is 7.57. The van der Waals surface area contributed by atoms with Crippen molar-refractivity contribution < 1.29 is 29.3 Å². The van der Waals surface area contributed by atoms with E-state index in [0.717, 1.165) is 5.56 Å². The maximum absolute atomic E-state index is 12.5. The Bertz CT molecular complexity index is 873. The summed E-state index contributed by atoms with van der Waals surface area (Å²) < 4.78 is 10.8. The first-order valence-electron chi connectivity index (χ1n) is 10.1. The van der Waals surface area contributed by atoms with Gasteiger partial charge in [0.05, 0.1) is 19.6 Å². The minimum atomic E-state index is -1.21. The lowest BCUT2D eigenvalue weighted by atomic mass is 10.0. The molecule has 0 bridgehead atoms. The average molecular weight is 428 g/mol. The first-order chi connectivity index (χ1) is 14.9. The number of ether oxygens (including phenoxy) is 2. The molecule has 4 unspecified atom stereocenters. The molecule has 31 heavy (non-hydrogen) atoms. The molecular weight excluding hydrogens is 400 g/mol. The van der Waals surface area contributed by atoms with Gasteiger partial charge in [-0.2, -0.15) is 0 Å². The van der Waals surface area contributed by atoms with E-state index in [4.69, 9.17) is 9.47 Å². The van der Waals surface area contributed by atoms with Crippen molar-refractivity contribution in [3.05, 3.63) is 65.7 Å². The SMILES string of the molecule is COc1ccc(C(=O)NCC2OC(CC(=O)N(C)Cc3ccccc3)C(O)C2O)cc1. The summed E-state index contributed by atoms with van der Waals surface area (Å²) in [5.41, 5.74) is 1.42. The maximum atomic E-state index is 12.5. The molecule has 3 N–H and O–H groups in total. The van der Waals surface area contributed by atoms with E-state index < -0.39 is 24.4 Å². The molecule has 2 aromatic carbocycles. The molecule has 0 saturated carbocycles. The number of aliphatic hydroxyl groups is 2. The summed E-state index contributed by atoms with van der Waals surface area (Å²) in [4.78, 5) is 26.4. The Labute approximate surface area is 181 Å². The number of hydrogen-bond donors (Lipinski definition) is 3. The molecule has 3 rings (SSSR count). The molecule has 1 saturated heterocycles. The van der Waals surface area contributed by atoms with Gasteiger partial charge in [-0.05, 0) is 29.8 Å². The van der Waals surface area contributed by atoms with E-state index in [-0.39, 0.29) is 24.8 Å². The molecule has 8 heteroatoms. The van der Waals surface area contributed by atoms with Gasteiger partial charge in [0, 0.05) is 25.7 Å². The second kappa shape index (κ2) is 10.4. The molecular formula is C23H28N2O6. The minimum absolute atomic E-state index is 0.00757. The van der Waals surface area contributed by atoms with E-state index in [1.165, 1.54) is 0 Å². The van der Waals surface area contributed by atoms with Crippen molar-refractivity contribution in [3.63, 3.8) is 0 Å². The Morgan fingerprint density at radius 1 is 1.03 bits per heavy atom. The second-order valence-corrected chi connectivity index (χ2v) is 7.57. The zero-order valence-corrected chi connectivity index (χ0v) is 17.6. The predicted molar refractivity (Wildman–Crippen MR) is 114 cm³/mol. The zero-order valence-electron chi connectivity index (χ0n) is 17.6. The largest absolute Gasteiger partial charge is 0.497 e. The van der Waals surface area contributed by atoms with Gasteiger partial charge in [0.1, 0.15) is 24.1 Å². The van der Waals surface area contributed by atoms with E-state index in [1.54, 1.807) is 43.3 Å². The zero-order chi connectivity index (χ0) is 22.4. The van der Waals surface area contributed by atoms with Gasteiger partial charge in [-0.25, -0.2) is 0 Å². The van der Waals surface area contributed by atoms with Crippen molar-refractivity contribution in [1.82, 2.24) is 10.2 Å². The molecule has 1 aliphatic heterocycles. The third-order valence-corrected chi connectivity index (χ3v) is 5.34. The lowest BCUT2D eigenvalue weighted by molar-refractivity contribution is -0.134. The first kappa shape index (κ1) is 22.7. The number of carbonyl (C=O) groups excluding carboxylic acids is 2. The lowest BCUT2D eigenvalue weighted by Gasteiger charge is -2.21. The fraction of sp³-hybridized carbons (Fsp3) is 0.391. The molecule has 1 fully saturated rings. The Balaban J connectivity index is 1.50. The Kier molecular flexibility index (Phi) is 7.62. The summed E-state index contributed by atoms with van der Waals surface area (Å²) in [6.07, 6.45) is -4.13. The Hall–Kier alpha value is -2.94. The van der Waals surface area contributed by atoms with Gasteiger partial charge in [0.15, 0.2) is 0 Å². The summed E-state index contributed by atoms with van der Waals surface area (Å²) in [5.74, 6) is 0.0945. The third kappa shape index (κ3) is 5.81. The number of benzene rings is 2. The van der Waals surface area contributed by atoms with Crippen LogP contribution in [-0.4, -0.2) is 72.0 Å². The fourth-order valence-electron chi connectivity index (χ4n) is 3.47. The molecule has 166 valence electrons. The summed E-state index contributed by atoms with van der Waals surface area (Å²) >= 11 is 0. The highest BCUT2D eigenvalue weighted by Crippen LogP contribution is 2.24. The van der Waals surface area contributed by atoms with E-state index in [1.807, 2.05) is 30.3 Å². The highest BCUT2D eigenvalue weighted by molar-refractivity contribution is 5.94. The maximum Gasteiger partial charge on any atom is 0.251 e. The van der Waals surface area contributed by atoms with Crippen molar-refractivity contribution in [2.45, 2.75) is 37.4 Å². The summed E-state index contributed by atoms with van der Waals surface area (Å²) in [6.45, 7) is 0.444. The number of hydrogen-bond acceptors (Lipinski definition) is 6. The van der Waals surface area contributed by atoms with Crippen molar-refractivity contribution in [2.75, 3.05) is 20.7 Å². The van der Waals surface area contributed by atoms with Gasteiger partial charge in [-0.3, -0.25) is 9.59 Å². The molecule has 0 radical (unpaired) electrons. The van der Waals surface area contributed by atoms with Crippen LogP contribution in [0.5, 0.6) is 5.75 Å². The molecule has 4 atom stereocenters. The molecule has 0 spiro atoms. The van der Waals surface area contributed by atoms with Crippen LogP contribution in [-0.2, 0) is 16.1 Å². The highest BCUT2D eigenvalue weighted by Gasteiger charge is 2.43. The Morgan fingerprint density at radius 2 is 1.68 bits per heavy atom. The van der Waals surface area contributed by atoms with Gasteiger partial charge in [-0.15, -0.1) is 0 Å². The van der Waals surface area contributed by atoms with Crippen LogP contribution < -0.4 is 10.1 Å². The Morgan fingerprint density at radius 3 is 2.32 bits per heavy atom. The molecule has 0 aliphatic carbocycles. The molecule has 2 aromatic rings. The smallest absolute Gasteiger partial charge is 0.251 e. The minimum Gasteiger partial charge on any atom is -0.497 e. The molecule has 8 nitrogen and oxygen atoms in total. The lowest BCUT2D eigenvalue weighted by Crippen LogP contribution is -2.40. The van der Waals surface area contributed by atoms with Gasteiger partial charge in [0.25, 0.3) is 5.91 Å². The predicted octanol–water partition coefficient (Wildman–Crippen LogP) is 0.963. The quantitative estimate of drug-likeness (QED) is 0.578. The van der Waals surface area contributed by atoms with Crippen LogP contribution in [0.4, 0.5) is 0 Å². The van der Waals surface area contributed by atoms with Crippen molar-refractivity contribution in [2.24, 2.45) is 0 Å². The van der Waals surface area contributed by atoms with E-state index in [0.29, 0.717) is 17.9 Å². The van der Waals surface area contributed by atoms with Crippen LogP contribution in [0, 0.1) is 0 Å². The summed E-state index contributed by atoms with van der Waals surface area (Å²) in [6, 6.07) is 16.2. The number of methoxy groups -OCH3 is 1. The molecule has 2 amide bonds. The van der Waals surface area contributed by atoms with Crippen LogP contribution in [0.3, 0.4) is 0 Å². The van der Waals surface area contributed by atoms with Gasteiger partial charge < -0.3 is 29.9 Å². The number of nitrogens with one attached hydrogen (secondary N) is 1. The monoisotopic (exact) mass is 428 g/mol. The van der Waals surface area contributed by atoms with Crippen LogP contribution in [0.15, 0.2) is 54.6 Å². The van der Waals surface area contributed by atoms with Gasteiger partial charge >= 0.3 is 0 Å². The standard InChI is InChI=1S/C23H28N2O6/c1-25(14-15-6-4-3-5-7-15)20(26)12-18-21(27)22(28)19(31-18)13-24-23(29)16-8-10-17(30-2)11-9-16/h3-11,18-19,21-22,27-28H,12-14H2,1-2H3,(H,24,29). The molecule has 1 heterocycles. The number of rotatable bonds is 8. The normalized spacial score (nSPS) is 22.7. The van der Waals surface area contributed by atoms with E-state index in [9.17, 15) is 19.8 Å². The first-order valence-corrected chi connectivity index (χ1v) is 10.1. The number of amides is 2. The average Bonchev–Trinajstić information content (AvgIpc) is 3.05. The van der Waals surface area contributed by atoms with Crippen LogP contribution in [0.2, 0.25) is 0 Å². The fourth-order valence-corrected chi connectivity index (χ4v) is 3.47. The highest BCUT2D eigenvalue weighted by atomic mass is 16.5. The van der Waals surface area contributed by atoms with Gasteiger partial charge in [0.2, 0.25) is 5.91 Å². The number of nitrogens with zero attached hydrogens (tertiary/aromatic N) is 1. The van der Waals surface area contributed by atoms with E-state index in [2.05, 4.69) is 5.32 Å². The summed E-state index contributed by atoms with van der Waals surface area (Å²) in [5, 5.41) is 23.3. The van der Waals surface area contributed by atoms with Crippen molar-refractivity contribution >= 4 is 11.8 Å². The third-order valence-electron chi connectivity index (χ3n) is 5.34. The molecule has 1 aliphatic rings.